The summed E-state index contributed by atoms with van der Waals surface area (Å²) in [6.07, 6.45) is -0.138. The fraction of sp³-hybridized carbons (Fsp3) is 0.622. The zero-order valence-corrected chi connectivity index (χ0v) is 31.9. The van der Waals surface area contributed by atoms with E-state index in [0.29, 0.717) is 25.9 Å². The summed E-state index contributed by atoms with van der Waals surface area (Å²) in [5.41, 5.74) is 3.33. The maximum Gasteiger partial charge on any atom is 0.407 e. The fourth-order valence-electron chi connectivity index (χ4n) is 6.42. The van der Waals surface area contributed by atoms with Crippen LogP contribution in [0, 0.1) is 12.3 Å². The van der Waals surface area contributed by atoms with E-state index >= 15 is 0 Å². The number of alkyl carbamates (subject to hydrolysis) is 1. The molecule has 5 amide bonds. The number of aliphatic hydroxyl groups is 1. The van der Waals surface area contributed by atoms with Crippen molar-refractivity contribution in [2.75, 3.05) is 19.6 Å². The van der Waals surface area contributed by atoms with Gasteiger partial charge in [-0.05, 0) is 64.0 Å². The van der Waals surface area contributed by atoms with Crippen molar-refractivity contribution in [2.45, 2.75) is 123 Å². The van der Waals surface area contributed by atoms with Crippen LogP contribution in [0.25, 0.3) is 10.4 Å². The number of nitrogens with zero attached hydrogens (tertiary/aromatic N) is 3. The largest absolute Gasteiger partial charge is 0.444 e. The zero-order chi connectivity index (χ0) is 37.7. The van der Waals surface area contributed by atoms with Gasteiger partial charge in [0.15, 0.2) is 0 Å². The first-order chi connectivity index (χ1) is 23.8. The van der Waals surface area contributed by atoms with Crippen molar-refractivity contribution in [2.24, 2.45) is 5.41 Å². The Kier molecular flexibility index (Phi) is 12.9. The number of hydrogen-bond acceptors (Lipinski definition) is 9. The molecule has 3 heterocycles. The lowest BCUT2D eigenvalue weighted by Crippen LogP contribution is -2.58. The molecule has 1 aromatic carbocycles. The summed E-state index contributed by atoms with van der Waals surface area (Å²) in [5.74, 6) is -1.55. The maximum absolute atomic E-state index is 14.0. The molecular weight excluding hydrogens is 673 g/mol. The predicted octanol–water partition coefficient (Wildman–Crippen LogP) is 4.08. The van der Waals surface area contributed by atoms with Crippen LogP contribution in [0.2, 0.25) is 0 Å². The lowest BCUT2D eigenvalue weighted by molar-refractivity contribution is -0.144. The summed E-state index contributed by atoms with van der Waals surface area (Å²) < 4.78 is 5.34. The molecule has 14 heteroatoms. The molecule has 0 unspecified atom stereocenters. The Bertz CT molecular complexity index is 1560. The molecule has 2 aliphatic rings. The lowest BCUT2D eigenvalue weighted by atomic mass is 9.85. The van der Waals surface area contributed by atoms with Gasteiger partial charge in [-0.15, -0.1) is 11.3 Å². The minimum absolute atomic E-state index is 0.0391. The number of aryl methyl sites for hydroxylation is 1. The number of carbonyl (C=O) groups is 5. The molecule has 2 aliphatic heterocycles. The molecule has 2 aromatic rings. The third-order valence-electron chi connectivity index (χ3n) is 9.12. The van der Waals surface area contributed by atoms with E-state index in [1.807, 2.05) is 64.4 Å². The summed E-state index contributed by atoms with van der Waals surface area (Å²) >= 11 is 1.57. The first kappa shape index (κ1) is 39.7. The first-order valence-electron chi connectivity index (χ1n) is 17.7. The third-order valence-corrected chi connectivity index (χ3v) is 10.1. The SMILES string of the molecule is Cc1ncsc1-c1ccc([C@H](C)NC(=O)[C@@H]2C[C@@H](O)CN2C(=O)[C@@H](NC(=O)CCC(=O)N2CCC[C@@H](NC(=O)OC(C)(C)C)C2)C(C)(C)C)cc1. The van der Waals surface area contributed by atoms with Crippen LogP contribution in [0.3, 0.4) is 0 Å². The number of aliphatic hydroxyl groups excluding tert-OH is 1. The van der Waals surface area contributed by atoms with Crippen molar-refractivity contribution >= 4 is 41.1 Å². The van der Waals surface area contributed by atoms with Crippen molar-refractivity contribution in [1.82, 2.24) is 30.7 Å². The van der Waals surface area contributed by atoms with Crippen molar-refractivity contribution in [3.63, 3.8) is 0 Å². The molecular formula is C37H54N6O7S. The van der Waals surface area contributed by atoms with Crippen LogP contribution in [0.4, 0.5) is 4.79 Å². The van der Waals surface area contributed by atoms with Crippen LogP contribution in [0.5, 0.6) is 0 Å². The van der Waals surface area contributed by atoms with Gasteiger partial charge in [0.25, 0.3) is 0 Å². The van der Waals surface area contributed by atoms with Gasteiger partial charge in [-0.3, -0.25) is 19.2 Å². The van der Waals surface area contributed by atoms with Crippen molar-refractivity contribution in [1.29, 1.82) is 0 Å². The summed E-state index contributed by atoms with van der Waals surface area (Å²) in [6.45, 7) is 15.4. The van der Waals surface area contributed by atoms with Crippen molar-refractivity contribution in [3.05, 3.63) is 41.0 Å². The second-order valence-electron chi connectivity index (χ2n) is 15.7. The molecule has 0 bridgehead atoms. The smallest absolute Gasteiger partial charge is 0.407 e. The van der Waals surface area contributed by atoms with Gasteiger partial charge >= 0.3 is 6.09 Å². The van der Waals surface area contributed by atoms with Gasteiger partial charge in [-0.2, -0.15) is 0 Å². The fourth-order valence-corrected chi connectivity index (χ4v) is 7.23. The summed E-state index contributed by atoms with van der Waals surface area (Å²) in [7, 11) is 0. The zero-order valence-electron chi connectivity index (χ0n) is 31.1. The van der Waals surface area contributed by atoms with Crippen molar-refractivity contribution < 1.29 is 33.8 Å². The van der Waals surface area contributed by atoms with E-state index < -0.39 is 47.1 Å². The molecule has 280 valence electrons. The Labute approximate surface area is 304 Å². The average molecular weight is 727 g/mol. The minimum atomic E-state index is -1.00. The van der Waals surface area contributed by atoms with E-state index in [4.69, 9.17) is 4.74 Å². The number of benzene rings is 1. The molecule has 0 spiro atoms. The highest BCUT2D eigenvalue weighted by atomic mass is 32.1. The van der Waals surface area contributed by atoms with E-state index in [-0.39, 0.29) is 49.7 Å². The Morgan fingerprint density at radius 2 is 1.71 bits per heavy atom. The number of aromatic nitrogens is 1. The standard InChI is InChI=1S/C37H54N6O7S/c1-22(24-11-13-25(14-12-24)31-23(2)38-21-51-31)39-33(47)28-18-27(44)20-43(28)34(48)32(36(3,4)5)41-29(45)15-16-30(46)42-17-9-10-26(19-42)40-35(49)50-37(6,7)8/h11-14,21-22,26-28,32,44H,9-10,15-20H2,1-8H3,(H,39,47)(H,40,49)(H,41,45)/t22-,26+,27+,28-,32+/m0/s1. The molecule has 13 nitrogen and oxygen atoms in total. The molecule has 1 aromatic heterocycles. The predicted molar refractivity (Wildman–Crippen MR) is 195 cm³/mol. The van der Waals surface area contributed by atoms with Gasteiger partial charge in [-0.1, -0.05) is 45.0 Å². The van der Waals surface area contributed by atoms with E-state index in [2.05, 4.69) is 20.9 Å². The van der Waals surface area contributed by atoms with Gasteiger partial charge in [0.1, 0.15) is 17.7 Å². The van der Waals surface area contributed by atoms with Crippen LogP contribution >= 0.6 is 11.3 Å². The van der Waals surface area contributed by atoms with E-state index in [0.717, 1.165) is 21.7 Å². The van der Waals surface area contributed by atoms with Crippen LogP contribution < -0.4 is 16.0 Å². The third kappa shape index (κ3) is 11.0. The molecule has 0 radical (unpaired) electrons. The van der Waals surface area contributed by atoms with Gasteiger partial charge in [0, 0.05) is 44.9 Å². The van der Waals surface area contributed by atoms with Crippen LogP contribution in [0.15, 0.2) is 29.8 Å². The van der Waals surface area contributed by atoms with Gasteiger partial charge in [0.2, 0.25) is 23.6 Å². The minimum Gasteiger partial charge on any atom is -0.444 e. The number of thiazole rings is 1. The molecule has 4 rings (SSSR count). The van der Waals surface area contributed by atoms with Gasteiger partial charge < -0.3 is 35.6 Å². The van der Waals surface area contributed by atoms with Gasteiger partial charge in [0.05, 0.1) is 28.2 Å². The maximum atomic E-state index is 14.0. The van der Waals surface area contributed by atoms with Crippen molar-refractivity contribution in [3.8, 4) is 10.4 Å². The summed E-state index contributed by atoms with van der Waals surface area (Å²) in [6, 6.07) is 5.35. The van der Waals surface area contributed by atoms with Crippen LogP contribution in [-0.4, -0.2) is 99.1 Å². The van der Waals surface area contributed by atoms with E-state index in [1.165, 1.54) is 4.90 Å². The first-order valence-corrected chi connectivity index (χ1v) is 18.6. The molecule has 0 saturated carbocycles. The monoisotopic (exact) mass is 726 g/mol. The molecule has 51 heavy (non-hydrogen) atoms. The number of nitrogens with one attached hydrogen (secondary N) is 3. The lowest BCUT2D eigenvalue weighted by Gasteiger charge is -2.36. The van der Waals surface area contributed by atoms with Gasteiger partial charge in [-0.25, -0.2) is 9.78 Å². The second-order valence-corrected chi connectivity index (χ2v) is 16.6. The molecule has 2 saturated heterocycles. The molecule has 5 atom stereocenters. The molecule has 0 aliphatic carbocycles. The highest BCUT2D eigenvalue weighted by Crippen LogP contribution is 2.30. The Hall–Kier alpha value is -4.04. The number of hydrogen-bond donors (Lipinski definition) is 4. The highest BCUT2D eigenvalue weighted by Gasteiger charge is 2.44. The second kappa shape index (κ2) is 16.5. The Balaban J connectivity index is 1.33. The summed E-state index contributed by atoms with van der Waals surface area (Å²) in [4.78, 5) is 74.5. The number of rotatable bonds is 10. The number of likely N-dealkylation sites (tertiary alicyclic amines) is 2. The molecule has 4 N–H and O–H groups in total. The Morgan fingerprint density at radius 3 is 2.31 bits per heavy atom. The number of piperidine rings is 1. The van der Waals surface area contributed by atoms with E-state index in [9.17, 15) is 29.1 Å². The quantitative estimate of drug-likeness (QED) is 0.284. The van der Waals surface area contributed by atoms with Crippen LogP contribution in [0.1, 0.15) is 97.9 Å². The highest BCUT2D eigenvalue weighted by molar-refractivity contribution is 7.13. The van der Waals surface area contributed by atoms with Crippen LogP contribution in [-0.2, 0) is 23.9 Å². The topological polar surface area (TPSA) is 170 Å². The molecule has 2 fully saturated rings. The average Bonchev–Trinajstić information content (AvgIpc) is 3.66. The normalized spacial score (nSPS) is 20.7. The number of amides is 5. The van der Waals surface area contributed by atoms with E-state index in [1.54, 1.807) is 37.0 Å². The number of carbonyl (C=O) groups excluding carboxylic acids is 5. The Morgan fingerprint density at radius 1 is 1.02 bits per heavy atom. The number of ether oxygens (including phenoxy) is 1. The number of β-amino-alcohol motifs (C(OH)–C–C–N with tert-alkyl or cyclic N) is 1. The summed E-state index contributed by atoms with van der Waals surface area (Å²) in [5, 5.41) is 19.2.